The van der Waals surface area contributed by atoms with Crippen LogP contribution < -0.4 is 9.47 Å². The number of carboxylic acid groups (broad SMARTS) is 1. The van der Waals surface area contributed by atoms with Gasteiger partial charge in [-0.1, -0.05) is 35.9 Å². The average Bonchev–Trinajstić information content (AvgIpc) is 3.38. The van der Waals surface area contributed by atoms with Gasteiger partial charge in [0.2, 0.25) is 6.79 Å². The van der Waals surface area contributed by atoms with Crippen LogP contribution in [0.4, 0.5) is 0 Å². The number of halogens is 1. The summed E-state index contributed by atoms with van der Waals surface area (Å²) in [5, 5.41) is 20.3. The second-order valence-electron chi connectivity index (χ2n) is 6.87. The fourth-order valence-electron chi connectivity index (χ4n) is 3.42. The largest absolute Gasteiger partial charge is 0.478 e. The van der Waals surface area contributed by atoms with Crippen molar-refractivity contribution in [3.63, 3.8) is 0 Å². The maximum atomic E-state index is 11.1. The highest BCUT2D eigenvalue weighted by molar-refractivity contribution is 6.31. The van der Waals surface area contributed by atoms with Gasteiger partial charge in [-0.25, -0.2) is 9.78 Å². The number of aliphatic hydroxyl groups excluding tert-OH is 1. The SMILES string of the molecule is O=C(O)c1ccc2nc(-c3ccc(C(O)c4cc5c(cc4Cl)OCO5)cc3)[nH]c2c1. The molecular formula is C22H15ClN2O5. The van der Waals surface area contributed by atoms with Crippen LogP contribution in [-0.2, 0) is 0 Å². The molecule has 0 fully saturated rings. The quantitative estimate of drug-likeness (QED) is 0.450. The lowest BCUT2D eigenvalue weighted by molar-refractivity contribution is 0.0697. The molecule has 0 amide bonds. The molecular weight excluding hydrogens is 408 g/mol. The van der Waals surface area contributed by atoms with Crippen molar-refractivity contribution in [1.82, 2.24) is 9.97 Å². The summed E-state index contributed by atoms with van der Waals surface area (Å²) in [7, 11) is 0. The van der Waals surface area contributed by atoms with Crippen molar-refractivity contribution >= 4 is 28.6 Å². The minimum atomic E-state index is -0.992. The zero-order valence-electron chi connectivity index (χ0n) is 15.4. The third-order valence-corrected chi connectivity index (χ3v) is 5.34. The van der Waals surface area contributed by atoms with Gasteiger partial charge >= 0.3 is 5.97 Å². The summed E-state index contributed by atoms with van der Waals surface area (Å²) in [4.78, 5) is 18.8. The molecule has 30 heavy (non-hydrogen) atoms. The third kappa shape index (κ3) is 3.14. The van der Waals surface area contributed by atoms with Crippen LogP contribution in [0.2, 0.25) is 5.02 Å². The topological polar surface area (TPSA) is 105 Å². The number of hydrogen-bond acceptors (Lipinski definition) is 5. The molecule has 1 aliphatic rings. The number of hydrogen-bond donors (Lipinski definition) is 3. The Hall–Kier alpha value is -3.55. The summed E-state index contributed by atoms with van der Waals surface area (Å²) in [6.07, 6.45) is -0.935. The maximum absolute atomic E-state index is 11.1. The Morgan fingerprint density at radius 3 is 2.53 bits per heavy atom. The van der Waals surface area contributed by atoms with Crippen LogP contribution in [0.5, 0.6) is 11.5 Å². The van der Waals surface area contributed by atoms with E-state index < -0.39 is 12.1 Å². The summed E-state index contributed by atoms with van der Waals surface area (Å²) in [6.45, 7) is 0.130. The molecule has 4 aromatic rings. The van der Waals surface area contributed by atoms with E-state index in [9.17, 15) is 9.90 Å². The highest BCUT2D eigenvalue weighted by atomic mass is 35.5. The Balaban J connectivity index is 1.44. The van der Waals surface area contributed by atoms with E-state index >= 15 is 0 Å². The van der Waals surface area contributed by atoms with Gasteiger partial charge in [-0.2, -0.15) is 0 Å². The van der Waals surface area contributed by atoms with Gasteiger partial charge in [0.15, 0.2) is 11.5 Å². The van der Waals surface area contributed by atoms with Crippen LogP contribution in [0.25, 0.3) is 22.4 Å². The number of fused-ring (bicyclic) bond motifs is 2. The Morgan fingerprint density at radius 1 is 1.07 bits per heavy atom. The second-order valence-corrected chi connectivity index (χ2v) is 7.28. The van der Waals surface area contributed by atoms with Gasteiger partial charge in [-0.15, -0.1) is 0 Å². The Labute approximate surface area is 175 Å². The number of nitrogens with zero attached hydrogens (tertiary/aromatic N) is 1. The fraction of sp³-hybridized carbons (Fsp3) is 0.0909. The van der Waals surface area contributed by atoms with Crippen LogP contribution in [0.1, 0.15) is 27.6 Å². The van der Waals surface area contributed by atoms with Crippen LogP contribution in [0, 0.1) is 0 Å². The number of H-pyrrole nitrogens is 1. The Kier molecular flexibility index (Phi) is 4.34. The molecule has 0 aliphatic carbocycles. The number of rotatable bonds is 4. The highest BCUT2D eigenvalue weighted by Gasteiger charge is 2.21. The first-order valence-corrected chi connectivity index (χ1v) is 9.48. The number of carboxylic acids is 1. The Bertz CT molecular complexity index is 1280. The number of benzene rings is 3. The second kappa shape index (κ2) is 7.05. The predicted molar refractivity (Wildman–Crippen MR) is 110 cm³/mol. The molecule has 3 aromatic carbocycles. The van der Waals surface area contributed by atoms with Crippen molar-refractivity contribution in [3.05, 3.63) is 76.3 Å². The van der Waals surface area contributed by atoms with E-state index in [1.807, 2.05) is 12.1 Å². The van der Waals surface area contributed by atoms with Crippen molar-refractivity contribution in [2.75, 3.05) is 6.79 Å². The molecule has 7 nitrogen and oxygen atoms in total. The monoisotopic (exact) mass is 422 g/mol. The molecule has 150 valence electrons. The average molecular weight is 423 g/mol. The van der Waals surface area contributed by atoms with Crippen molar-refractivity contribution in [2.24, 2.45) is 0 Å². The lowest BCUT2D eigenvalue weighted by atomic mass is 9.99. The van der Waals surface area contributed by atoms with Crippen molar-refractivity contribution in [1.29, 1.82) is 0 Å². The first-order chi connectivity index (χ1) is 14.5. The van der Waals surface area contributed by atoms with Gasteiger partial charge in [0.05, 0.1) is 21.6 Å². The molecule has 0 saturated heterocycles. The molecule has 0 bridgehead atoms. The van der Waals surface area contributed by atoms with E-state index in [0.29, 0.717) is 44.5 Å². The number of aromatic nitrogens is 2. The standard InChI is InChI=1S/C22H15ClN2O5/c23-15-9-19-18(29-10-30-19)8-14(15)20(26)11-1-3-12(4-2-11)21-24-16-6-5-13(22(27)28)7-17(16)25-21/h1-9,20,26H,10H2,(H,24,25)(H,27,28). The summed E-state index contributed by atoms with van der Waals surface area (Å²) in [6, 6.07) is 15.3. The first-order valence-electron chi connectivity index (χ1n) is 9.10. The molecule has 0 spiro atoms. The van der Waals surface area contributed by atoms with E-state index in [1.54, 1.807) is 36.4 Å². The van der Waals surface area contributed by atoms with Crippen LogP contribution in [0.15, 0.2) is 54.6 Å². The maximum Gasteiger partial charge on any atom is 0.335 e. The normalized spacial score (nSPS) is 13.5. The number of nitrogens with one attached hydrogen (secondary N) is 1. The van der Waals surface area contributed by atoms with E-state index in [-0.39, 0.29) is 12.4 Å². The highest BCUT2D eigenvalue weighted by Crippen LogP contribution is 2.40. The molecule has 1 aliphatic heterocycles. The molecule has 1 atom stereocenters. The number of aliphatic hydroxyl groups is 1. The minimum Gasteiger partial charge on any atom is -0.478 e. The summed E-state index contributed by atoms with van der Waals surface area (Å²) in [5.41, 5.74) is 3.49. The predicted octanol–water partition coefficient (Wildman–Crippen LogP) is 4.39. The van der Waals surface area contributed by atoms with E-state index in [0.717, 1.165) is 5.56 Å². The van der Waals surface area contributed by atoms with Crippen LogP contribution in [-0.4, -0.2) is 32.9 Å². The number of imidazole rings is 1. The first kappa shape index (κ1) is 18.5. The number of aromatic carboxylic acids is 1. The summed E-state index contributed by atoms with van der Waals surface area (Å²) >= 11 is 6.31. The molecule has 0 radical (unpaired) electrons. The smallest absolute Gasteiger partial charge is 0.335 e. The van der Waals surface area contributed by atoms with Gasteiger partial charge in [0.1, 0.15) is 11.9 Å². The lowest BCUT2D eigenvalue weighted by Gasteiger charge is -2.14. The Morgan fingerprint density at radius 2 is 1.80 bits per heavy atom. The molecule has 1 aromatic heterocycles. The van der Waals surface area contributed by atoms with Crippen LogP contribution in [0.3, 0.4) is 0 Å². The van der Waals surface area contributed by atoms with E-state index in [4.69, 9.17) is 26.2 Å². The van der Waals surface area contributed by atoms with Gasteiger partial charge in [0.25, 0.3) is 0 Å². The molecule has 5 rings (SSSR count). The van der Waals surface area contributed by atoms with E-state index in [1.165, 1.54) is 6.07 Å². The molecule has 0 saturated carbocycles. The molecule has 1 unspecified atom stereocenters. The van der Waals surface area contributed by atoms with Crippen molar-refractivity contribution in [3.8, 4) is 22.9 Å². The van der Waals surface area contributed by atoms with Gasteiger partial charge in [-0.05, 0) is 29.8 Å². The van der Waals surface area contributed by atoms with E-state index in [2.05, 4.69) is 9.97 Å². The zero-order chi connectivity index (χ0) is 20.8. The third-order valence-electron chi connectivity index (χ3n) is 5.02. The van der Waals surface area contributed by atoms with Crippen LogP contribution >= 0.6 is 11.6 Å². The summed E-state index contributed by atoms with van der Waals surface area (Å²) in [5.74, 6) is 0.721. The molecule has 3 N–H and O–H groups in total. The minimum absolute atomic E-state index is 0.130. The molecule has 8 heteroatoms. The van der Waals surface area contributed by atoms with Gasteiger partial charge in [-0.3, -0.25) is 0 Å². The van der Waals surface area contributed by atoms with Gasteiger partial charge < -0.3 is 24.7 Å². The number of ether oxygens (including phenoxy) is 2. The van der Waals surface area contributed by atoms with Crippen molar-refractivity contribution < 1.29 is 24.5 Å². The lowest BCUT2D eigenvalue weighted by Crippen LogP contribution is -2.01. The fourth-order valence-corrected chi connectivity index (χ4v) is 3.68. The molecule has 2 heterocycles. The number of carbonyl (C=O) groups is 1. The van der Waals surface area contributed by atoms with Crippen molar-refractivity contribution in [2.45, 2.75) is 6.10 Å². The summed E-state index contributed by atoms with van der Waals surface area (Å²) < 4.78 is 10.7. The van der Waals surface area contributed by atoms with Gasteiger partial charge in [0, 0.05) is 17.2 Å². The zero-order valence-corrected chi connectivity index (χ0v) is 16.2. The number of aromatic amines is 1.